The lowest BCUT2D eigenvalue weighted by molar-refractivity contribution is -0.122. The number of allylic oxidation sites excluding steroid dienone is 2. The Morgan fingerprint density at radius 3 is 1.42 bits per heavy atom. The van der Waals surface area contributed by atoms with Gasteiger partial charge in [0.2, 0.25) is 0 Å². The second-order valence-corrected chi connectivity index (χ2v) is 7.87. The summed E-state index contributed by atoms with van der Waals surface area (Å²) in [6.45, 7) is 10.6. The molecule has 2 N–H and O–H groups in total. The van der Waals surface area contributed by atoms with Gasteiger partial charge < -0.3 is 10.2 Å². The molecule has 0 aliphatic heterocycles. The maximum absolute atomic E-state index is 12.0. The second kappa shape index (κ2) is 7.04. The third kappa shape index (κ3) is 5.37. The van der Waals surface area contributed by atoms with Gasteiger partial charge in [0.15, 0.2) is 11.6 Å². The summed E-state index contributed by atoms with van der Waals surface area (Å²) in [6, 6.07) is 6.43. The summed E-state index contributed by atoms with van der Waals surface area (Å²) in [5.41, 5.74) is -0.388. The van der Waals surface area contributed by atoms with E-state index in [0.29, 0.717) is 11.1 Å². The van der Waals surface area contributed by atoms with Crippen LogP contribution in [0.4, 0.5) is 0 Å². The largest absolute Gasteiger partial charge is 0.507 e. The number of benzene rings is 1. The SMILES string of the molecule is CC(C)(C)C(=O)C=C(O)c1cccc(C(O)=CC(=O)C(C)(C)C)c1. The molecule has 4 nitrogen and oxygen atoms in total. The van der Waals surface area contributed by atoms with Gasteiger partial charge in [0.25, 0.3) is 0 Å². The number of ketones is 2. The van der Waals surface area contributed by atoms with Crippen molar-refractivity contribution in [2.45, 2.75) is 41.5 Å². The van der Waals surface area contributed by atoms with Crippen molar-refractivity contribution in [3.8, 4) is 0 Å². The standard InChI is InChI=1S/C20H26O4/c1-19(2,3)17(23)11-15(21)13-8-7-9-14(10-13)16(22)12-18(24)20(4,5)6/h7-12,21-22H,1-6H3. The zero-order chi connectivity index (χ0) is 18.7. The number of hydrogen-bond acceptors (Lipinski definition) is 4. The van der Waals surface area contributed by atoms with E-state index in [1.807, 2.05) is 0 Å². The quantitative estimate of drug-likeness (QED) is 0.619. The molecule has 0 unspecified atom stereocenters. The van der Waals surface area contributed by atoms with Crippen LogP contribution in [0, 0.1) is 10.8 Å². The maximum atomic E-state index is 12.0. The van der Waals surface area contributed by atoms with Crippen LogP contribution in [0.2, 0.25) is 0 Å². The molecule has 0 amide bonds. The van der Waals surface area contributed by atoms with Crippen LogP contribution in [0.5, 0.6) is 0 Å². The molecule has 24 heavy (non-hydrogen) atoms. The molecule has 0 bridgehead atoms. The Labute approximate surface area is 143 Å². The molecule has 0 heterocycles. The fourth-order valence-electron chi connectivity index (χ4n) is 1.69. The van der Waals surface area contributed by atoms with Crippen molar-refractivity contribution in [2.75, 3.05) is 0 Å². The van der Waals surface area contributed by atoms with E-state index in [4.69, 9.17) is 0 Å². The molecule has 0 aliphatic rings. The average molecular weight is 330 g/mol. The first-order valence-corrected chi connectivity index (χ1v) is 7.83. The molecule has 1 aromatic rings. The van der Waals surface area contributed by atoms with E-state index in [1.54, 1.807) is 59.7 Å². The van der Waals surface area contributed by atoms with E-state index in [2.05, 4.69) is 0 Å². The second-order valence-electron chi connectivity index (χ2n) is 7.87. The summed E-state index contributed by atoms with van der Waals surface area (Å²) in [4.78, 5) is 24.0. The first-order chi connectivity index (χ1) is 10.8. The van der Waals surface area contributed by atoms with Crippen LogP contribution in [-0.2, 0) is 9.59 Å². The van der Waals surface area contributed by atoms with Crippen molar-refractivity contribution in [3.63, 3.8) is 0 Å². The average Bonchev–Trinajstić information content (AvgIpc) is 2.45. The zero-order valence-electron chi connectivity index (χ0n) is 15.2. The van der Waals surface area contributed by atoms with Gasteiger partial charge in [-0.3, -0.25) is 9.59 Å². The van der Waals surface area contributed by atoms with Crippen molar-refractivity contribution in [1.29, 1.82) is 0 Å². The smallest absolute Gasteiger partial charge is 0.164 e. The Morgan fingerprint density at radius 2 is 1.12 bits per heavy atom. The van der Waals surface area contributed by atoms with E-state index >= 15 is 0 Å². The monoisotopic (exact) mass is 330 g/mol. The van der Waals surface area contributed by atoms with E-state index in [9.17, 15) is 19.8 Å². The molecular formula is C20H26O4. The fourth-order valence-corrected chi connectivity index (χ4v) is 1.69. The number of carbonyl (C=O) groups excluding carboxylic acids is 2. The fraction of sp³-hybridized carbons (Fsp3) is 0.400. The summed E-state index contributed by atoms with van der Waals surface area (Å²) in [5.74, 6) is -0.750. The molecular weight excluding hydrogens is 304 g/mol. The molecule has 0 atom stereocenters. The lowest BCUT2D eigenvalue weighted by atomic mass is 9.89. The van der Waals surface area contributed by atoms with Crippen LogP contribution in [0.15, 0.2) is 36.4 Å². The highest BCUT2D eigenvalue weighted by Crippen LogP contribution is 2.23. The topological polar surface area (TPSA) is 74.6 Å². The van der Waals surface area contributed by atoms with Gasteiger partial charge in [-0.2, -0.15) is 0 Å². The first-order valence-electron chi connectivity index (χ1n) is 7.83. The molecule has 0 saturated heterocycles. The summed E-state index contributed by atoms with van der Waals surface area (Å²) < 4.78 is 0. The van der Waals surface area contributed by atoms with Gasteiger partial charge in [-0.1, -0.05) is 59.7 Å². The van der Waals surface area contributed by atoms with Gasteiger partial charge >= 0.3 is 0 Å². The van der Waals surface area contributed by atoms with E-state index in [-0.39, 0.29) is 23.1 Å². The molecule has 0 fully saturated rings. The number of hydrogen-bond donors (Lipinski definition) is 2. The van der Waals surface area contributed by atoms with Crippen molar-refractivity contribution >= 4 is 23.1 Å². The van der Waals surface area contributed by atoms with Crippen molar-refractivity contribution in [3.05, 3.63) is 47.5 Å². The summed E-state index contributed by atoms with van der Waals surface area (Å²) >= 11 is 0. The minimum Gasteiger partial charge on any atom is -0.507 e. The number of carbonyl (C=O) groups is 2. The third-order valence-electron chi connectivity index (χ3n) is 3.47. The molecule has 130 valence electrons. The maximum Gasteiger partial charge on any atom is 0.164 e. The van der Waals surface area contributed by atoms with Crippen LogP contribution in [0.25, 0.3) is 11.5 Å². The normalized spacial score (nSPS) is 13.8. The number of rotatable bonds is 4. The van der Waals surface area contributed by atoms with Crippen LogP contribution in [0.3, 0.4) is 0 Å². The molecule has 4 heteroatoms. The Kier molecular flexibility index (Phi) is 5.77. The highest BCUT2D eigenvalue weighted by Gasteiger charge is 2.21. The molecule has 0 aromatic heterocycles. The number of aliphatic hydroxyl groups excluding tert-OH is 2. The Balaban J connectivity index is 3.15. The Morgan fingerprint density at radius 1 is 0.792 bits per heavy atom. The lowest BCUT2D eigenvalue weighted by Crippen LogP contribution is -2.18. The molecule has 0 aliphatic carbocycles. The molecule has 1 rings (SSSR count). The summed E-state index contributed by atoms with van der Waals surface area (Å²) in [5, 5.41) is 20.3. The molecule has 0 saturated carbocycles. The van der Waals surface area contributed by atoms with Crippen molar-refractivity contribution in [2.24, 2.45) is 10.8 Å². The van der Waals surface area contributed by atoms with Crippen molar-refractivity contribution in [1.82, 2.24) is 0 Å². The van der Waals surface area contributed by atoms with Crippen LogP contribution in [-0.4, -0.2) is 21.8 Å². The predicted molar refractivity (Wildman–Crippen MR) is 96.6 cm³/mol. The highest BCUT2D eigenvalue weighted by molar-refractivity contribution is 6.00. The highest BCUT2D eigenvalue weighted by atomic mass is 16.3. The summed E-state index contributed by atoms with van der Waals surface area (Å²) in [6.07, 6.45) is 2.36. The van der Waals surface area contributed by atoms with Crippen LogP contribution in [0.1, 0.15) is 52.7 Å². The lowest BCUT2D eigenvalue weighted by Gasteiger charge is -2.14. The minimum atomic E-state index is -0.591. The number of aliphatic hydroxyl groups is 2. The van der Waals surface area contributed by atoms with E-state index in [0.717, 1.165) is 0 Å². The van der Waals surface area contributed by atoms with Crippen LogP contribution >= 0.6 is 0 Å². The Hall–Kier alpha value is -2.36. The summed E-state index contributed by atoms with van der Waals surface area (Å²) in [7, 11) is 0. The van der Waals surface area contributed by atoms with Gasteiger partial charge in [-0.15, -0.1) is 0 Å². The molecule has 0 spiro atoms. The van der Waals surface area contributed by atoms with Gasteiger partial charge in [0.1, 0.15) is 11.5 Å². The Bertz CT molecular complexity index is 638. The van der Waals surface area contributed by atoms with Crippen molar-refractivity contribution < 1.29 is 19.8 Å². The van der Waals surface area contributed by atoms with Gasteiger partial charge in [-0.25, -0.2) is 0 Å². The molecule has 0 radical (unpaired) electrons. The zero-order valence-corrected chi connectivity index (χ0v) is 15.2. The van der Waals surface area contributed by atoms with E-state index in [1.165, 1.54) is 18.2 Å². The molecule has 1 aromatic carbocycles. The van der Waals surface area contributed by atoms with Gasteiger partial charge in [0, 0.05) is 34.1 Å². The van der Waals surface area contributed by atoms with Gasteiger partial charge in [-0.05, 0) is 6.07 Å². The predicted octanol–water partition coefficient (Wildman–Crippen LogP) is 4.71. The van der Waals surface area contributed by atoms with Crippen LogP contribution < -0.4 is 0 Å². The minimum absolute atomic E-state index is 0.174. The first kappa shape index (κ1) is 19.7. The van der Waals surface area contributed by atoms with E-state index < -0.39 is 10.8 Å². The third-order valence-corrected chi connectivity index (χ3v) is 3.47. The van der Waals surface area contributed by atoms with Gasteiger partial charge in [0.05, 0.1) is 0 Å².